The summed E-state index contributed by atoms with van der Waals surface area (Å²) in [5, 5.41) is 18.3. The molecule has 0 aliphatic heterocycles. The molecule has 0 aliphatic carbocycles. The van der Waals surface area contributed by atoms with Crippen LogP contribution in [0.4, 0.5) is 5.00 Å². The number of oxime groups is 1. The van der Waals surface area contributed by atoms with Crippen LogP contribution in [-0.2, 0) is 16.1 Å². The highest BCUT2D eigenvalue weighted by Gasteiger charge is 2.17. The first-order valence-corrected chi connectivity index (χ1v) is 10.1. The van der Waals surface area contributed by atoms with Crippen molar-refractivity contribution in [1.29, 1.82) is 0 Å². The Morgan fingerprint density at radius 1 is 1.36 bits per heavy atom. The Hall–Kier alpha value is -1.96. The van der Waals surface area contributed by atoms with E-state index in [0.717, 1.165) is 16.8 Å². The zero-order valence-corrected chi connectivity index (χ0v) is 18.3. The summed E-state index contributed by atoms with van der Waals surface area (Å²) in [4.78, 5) is 16.8. The van der Waals surface area contributed by atoms with Crippen molar-refractivity contribution in [2.24, 2.45) is 10.6 Å². The molecule has 1 unspecified atom stereocenters. The highest BCUT2D eigenvalue weighted by atomic mass is 35.5. The molecule has 0 saturated carbocycles. The molecular formula is C20H26ClN3O3S. The van der Waals surface area contributed by atoms with Crippen molar-refractivity contribution < 1.29 is 14.7 Å². The second-order valence-corrected chi connectivity index (χ2v) is 9.00. The van der Waals surface area contributed by atoms with E-state index in [1.54, 1.807) is 6.92 Å². The van der Waals surface area contributed by atoms with Gasteiger partial charge in [-0.1, -0.05) is 61.8 Å². The van der Waals surface area contributed by atoms with Crippen LogP contribution in [0, 0.1) is 12.3 Å². The number of benzene rings is 1. The molecule has 0 saturated heterocycles. The lowest BCUT2D eigenvalue weighted by Gasteiger charge is -2.15. The largest absolute Gasteiger partial charge is 0.373 e. The molecule has 0 aliphatic rings. The first kappa shape index (κ1) is 22.3. The van der Waals surface area contributed by atoms with Gasteiger partial charge in [-0.3, -0.25) is 0 Å². The third-order valence-corrected chi connectivity index (χ3v) is 5.29. The fourth-order valence-corrected chi connectivity index (χ4v) is 3.38. The van der Waals surface area contributed by atoms with E-state index in [-0.39, 0.29) is 11.4 Å². The van der Waals surface area contributed by atoms with E-state index in [1.165, 1.54) is 11.5 Å². The molecular weight excluding hydrogens is 398 g/mol. The molecule has 2 rings (SSSR count). The van der Waals surface area contributed by atoms with Gasteiger partial charge >= 0.3 is 5.97 Å². The quantitative estimate of drug-likeness (QED) is 0.289. The van der Waals surface area contributed by atoms with E-state index in [2.05, 4.69) is 14.8 Å². The van der Waals surface area contributed by atoms with E-state index >= 15 is 0 Å². The Kier molecular flexibility index (Phi) is 7.57. The Labute approximate surface area is 174 Å². The number of anilines is 1. The van der Waals surface area contributed by atoms with Gasteiger partial charge in [0.25, 0.3) is 0 Å². The van der Waals surface area contributed by atoms with Gasteiger partial charge in [-0.25, -0.2) is 4.79 Å². The average molecular weight is 424 g/mol. The van der Waals surface area contributed by atoms with Crippen LogP contribution in [0.1, 0.15) is 50.9 Å². The van der Waals surface area contributed by atoms with Crippen molar-refractivity contribution in [2.45, 2.75) is 53.7 Å². The molecule has 6 nitrogen and oxygen atoms in total. The van der Waals surface area contributed by atoms with Crippen molar-refractivity contribution in [1.82, 2.24) is 4.37 Å². The lowest BCUT2D eigenvalue weighted by molar-refractivity contribution is -0.145. The van der Waals surface area contributed by atoms with Crippen LogP contribution in [-0.4, -0.2) is 27.4 Å². The number of hydrogen-bond donors (Lipinski definition) is 2. The molecule has 0 spiro atoms. The summed E-state index contributed by atoms with van der Waals surface area (Å²) in [5.74, 6) is -0.352. The Morgan fingerprint density at radius 3 is 2.54 bits per heavy atom. The predicted octanol–water partition coefficient (Wildman–Crippen LogP) is 4.78. The first-order chi connectivity index (χ1) is 13.0. The minimum Gasteiger partial charge on any atom is -0.373 e. The normalized spacial score (nSPS) is 13.3. The maximum absolute atomic E-state index is 11.8. The molecule has 0 amide bonds. The molecule has 2 aromatic rings. The topological polar surface area (TPSA) is 83.8 Å². The minimum absolute atomic E-state index is 0.140. The van der Waals surface area contributed by atoms with E-state index < -0.39 is 6.23 Å². The lowest BCUT2D eigenvalue weighted by Crippen LogP contribution is -2.21. The second kappa shape index (κ2) is 9.49. The van der Waals surface area contributed by atoms with Crippen LogP contribution in [0.2, 0.25) is 5.02 Å². The Bertz CT molecular complexity index is 841. The van der Waals surface area contributed by atoms with Gasteiger partial charge in [0.1, 0.15) is 11.2 Å². The standard InChI is InChI=1S/C20H26ClN3O3S/c1-12(23-27-17(26)11-20(3,4)5)15-8-6-14(7-9-15)10-16(25)22-19-18(21)13(2)24-28-19/h6-9,16,22,25H,10-11H2,1-5H3/b23-12+. The summed E-state index contributed by atoms with van der Waals surface area (Å²) < 4.78 is 4.14. The summed E-state index contributed by atoms with van der Waals surface area (Å²) in [6, 6.07) is 7.55. The number of nitrogens with zero attached hydrogens (tertiary/aromatic N) is 2. The maximum Gasteiger partial charge on any atom is 0.335 e. The fraction of sp³-hybridized carbons (Fsp3) is 0.450. The van der Waals surface area contributed by atoms with Crippen molar-refractivity contribution in [2.75, 3.05) is 5.32 Å². The number of carbonyl (C=O) groups excluding carboxylic acids is 1. The third-order valence-electron chi connectivity index (χ3n) is 3.85. The molecule has 0 fully saturated rings. The first-order valence-electron chi connectivity index (χ1n) is 8.95. The second-order valence-electron chi connectivity index (χ2n) is 7.85. The highest BCUT2D eigenvalue weighted by Crippen LogP contribution is 2.30. The van der Waals surface area contributed by atoms with Gasteiger partial charge in [-0.15, -0.1) is 0 Å². The number of aliphatic hydroxyl groups is 1. The predicted molar refractivity (Wildman–Crippen MR) is 114 cm³/mol. The number of hydrogen-bond acceptors (Lipinski definition) is 7. The summed E-state index contributed by atoms with van der Waals surface area (Å²) in [7, 11) is 0. The van der Waals surface area contributed by atoms with Crippen LogP contribution in [0.5, 0.6) is 0 Å². The van der Waals surface area contributed by atoms with Crippen molar-refractivity contribution in [3.63, 3.8) is 0 Å². The van der Waals surface area contributed by atoms with Gasteiger partial charge in [0, 0.05) is 6.42 Å². The highest BCUT2D eigenvalue weighted by molar-refractivity contribution is 7.11. The monoisotopic (exact) mass is 423 g/mol. The average Bonchev–Trinajstić information content (AvgIpc) is 2.91. The number of aryl methyl sites for hydroxylation is 1. The molecule has 0 radical (unpaired) electrons. The number of rotatable bonds is 7. The zero-order chi connectivity index (χ0) is 20.9. The fourth-order valence-electron chi connectivity index (χ4n) is 2.39. The summed E-state index contributed by atoms with van der Waals surface area (Å²) in [6.45, 7) is 9.51. The summed E-state index contributed by atoms with van der Waals surface area (Å²) >= 11 is 7.35. The SMILES string of the molecule is C/C(=N\OC(=O)CC(C)(C)C)c1ccc(CC(O)Nc2snc(C)c2Cl)cc1. The Balaban J connectivity index is 1.92. The molecule has 1 aromatic heterocycles. The van der Waals surface area contributed by atoms with Crippen LogP contribution < -0.4 is 5.32 Å². The van der Waals surface area contributed by atoms with Crippen LogP contribution >= 0.6 is 23.1 Å². The van der Waals surface area contributed by atoms with Crippen LogP contribution in [0.3, 0.4) is 0 Å². The Morgan fingerprint density at radius 2 is 2.00 bits per heavy atom. The molecule has 1 aromatic carbocycles. The lowest BCUT2D eigenvalue weighted by atomic mass is 9.93. The number of halogens is 1. The van der Waals surface area contributed by atoms with E-state index in [9.17, 15) is 9.90 Å². The van der Waals surface area contributed by atoms with Crippen molar-refractivity contribution in [3.8, 4) is 0 Å². The van der Waals surface area contributed by atoms with Gasteiger partial charge < -0.3 is 15.3 Å². The molecule has 152 valence electrons. The third kappa shape index (κ3) is 6.89. The molecule has 2 N–H and O–H groups in total. The van der Waals surface area contributed by atoms with E-state index in [4.69, 9.17) is 16.4 Å². The molecule has 1 atom stereocenters. The van der Waals surface area contributed by atoms with E-state index in [0.29, 0.717) is 28.6 Å². The molecule has 28 heavy (non-hydrogen) atoms. The molecule has 8 heteroatoms. The number of aromatic nitrogens is 1. The molecule has 1 heterocycles. The van der Waals surface area contributed by atoms with Gasteiger partial charge in [0.2, 0.25) is 0 Å². The van der Waals surface area contributed by atoms with E-state index in [1.807, 2.05) is 52.0 Å². The smallest absolute Gasteiger partial charge is 0.335 e. The van der Waals surface area contributed by atoms with Gasteiger partial charge in [-0.2, -0.15) is 4.37 Å². The van der Waals surface area contributed by atoms with Gasteiger partial charge in [0.15, 0.2) is 0 Å². The van der Waals surface area contributed by atoms with Crippen molar-refractivity contribution in [3.05, 3.63) is 46.1 Å². The van der Waals surface area contributed by atoms with Crippen LogP contribution in [0.15, 0.2) is 29.4 Å². The molecule has 0 bridgehead atoms. The zero-order valence-electron chi connectivity index (χ0n) is 16.7. The van der Waals surface area contributed by atoms with Crippen LogP contribution in [0.25, 0.3) is 0 Å². The number of nitrogens with one attached hydrogen (secondary N) is 1. The van der Waals surface area contributed by atoms with Gasteiger partial charge in [-0.05, 0) is 41.9 Å². The minimum atomic E-state index is -0.781. The summed E-state index contributed by atoms with van der Waals surface area (Å²) in [6.07, 6.45) is -0.0716. The van der Waals surface area contributed by atoms with Crippen molar-refractivity contribution >= 4 is 39.8 Å². The summed E-state index contributed by atoms with van der Waals surface area (Å²) in [5.41, 5.74) is 3.00. The number of aliphatic hydroxyl groups excluding tert-OH is 1. The van der Waals surface area contributed by atoms with Gasteiger partial charge in [0.05, 0.1) is 22.8 Å². The maximum atomic E-state index is 11.8. The number of carbonyl (C=O) groups is 1.